The second kappa shape index (κ2) is 5.13. The largest absolute Gasteiger partial charge is 0.507 e. The minimum absolute atomic E-state index is 0.398. The normalized spacial score (nSPS) is 10.4. The van der Waals surface area contributed by atoms with Gasteiger partial charge in [-0.1, -0.05) is 24.3 Å². The zero-order valence-electron chi connectivity index (χ0n) is 11.1. The zero-order valence-corrected chi connectivity index (χ0v) is 11.1. The van der Waals surface area contributed by atoms with Crippen molar-refractivity contribution in [3.05, 3.63) is 58.7 Å². The van der Waals surface area contributed by atoms with Crippen molar-refractivity contribution < 1.29 is 5.11 Å². The number of hydrogen-bond donors (Lipinski definition) is 2. The van der Waals surface area contributed by atoms with Crippen molar-refractivity contribution in [3.8, 4) is 5.75 Å². The third-order valence-electron chi connectivity index (χ3n) is 3.07. The summed E-state index contributed by atoms with van der Waals surface area (Å²) in [5.74, 6) is 0.398. The van der Waals surface area contributed by atoms with Crippen LogP contribution in [-0.2, 0) is 6.54 Å². The number of anilines is 1. The highest BCUT2D eigenvalue weighted by Crippen LogP contribution is 2.23. The number of nitrogens with one attached hydrogen (secondary N) is 1. The number of phenols is 1. The maximum Gasteiger partial charge on any atom is 0.121 e. The monoisotopic (exact) mass is 241 g/mol. The summed E-state index contributed by atoms with van der Waals surface area (Å²) in [6, 6.07) is 12.4. The van der Waals surface area contributed by atoms with E-state index in [1.165, 1.54) is 11.1 Å². The molecule has 2 aromatic carbocycles. The van der Waals surface area contributed by atoms with Gasteiger partial charge in [0.1, 0.15) is 5.75 Å². The van der Waals surface area contributed by atoms with Gasteiger partial charge in [-0.05, 0) is 55.2 Å². The van der Waals surface area contributed by atoms with Gasteiger partial charge in [0.25, 0.3) is 0 Å². The van der Waals surface area contributed by atoms with Gasteiger partial charge in [0, 0.05) is 12.2 Å². The lowest BCUT2D eigenvalue weighted by molar-refractivity contribution is 0.466. The zero-order chi connectivity index (χ0) is 13.1. The molecule has 2 aromatic rings. The number of benzene rings is 2. The van der Waals surface area contributed by atoms with Gasteiger partial charge in [-0.2, -0.15) is 0 Å². The van der Waals surface area contributed by atoms with E-state index in [1.54, 1.807) is 0 Å². The van der Waals surface area contributed by atoms with E-state index in [-0.39, 0.29) is 0 Å². The Morgan fingerprint density at radius 2 is 1.67 bits per heavy atom. The summed E-state index contributed by atoms with van der Waals surface area (Å²) < 4.78 is 0. The quantitative estimate of drug-likeness (QED) is 0.853. The Labute approximate surface area is 108 Å². The lowest BCUT2D eigenvalue weighted by Crippen LogP contribution is -2.00. The van der Waals surface area contributed by atoms with E-state index in [0.29, 0.717) is 5.75 Å². The van der Waals surface area contributed by atoms with Crippen LogP contribution in [0.4, 0.5) is 5.69 Å². The van der Waals surface area contributed by atoms with E-state index in [1.807, 2.05) is 32.0 Å². The molecule has 0 saturated heterocycles. The Morgan fingerprint density at radius 3 is 2.28 bits per heavy atom. The van der Waals surface area contributed by atoms with Gasteiger partial charge in [-0.25, -0.2) is 0 Å². The summed E-state index contributed by atoms with van der Waals surface area (Å²) >= 11 is 0. The second-order valence-corrected chi connectivity index (χ2v) is 4.80. The fraction of sp³-hybridized carbons (Fsp3) is 0.250. The van der Waals surface area contributed by atoms with E-state index in [4.69, 9.17) is 0 Å². The third kappa shape index (κ3) is 2.83. The topological polar surface area (TPSA) is 32.3 Å². The third-order valence-corrected chi connectivity index (χ3v) is 3.07. The molecular weight excluding hydrogens is 222 g/mol. The van der Waals surface area contributed by atoms with Crippen LogP contribution in [-0.4, -0.2) is 5.11 Å². The van der Waals surface area contributed by atoms with Crippen LogP contribution in [0.1, 0.15) is 22.3 Å². The number of hydrogen-bond acceptors (Lipinski definition) is 2. The predicted octanol–water partition coefficient (Wildman–Crippen LogP) is 3.93. The summed E-state index contributed by atoms with van der Waals surface area (Å²) in [6.45, 7) is 6.71. The minimum Gasteiger partial charge on any atom is -0.507 e. The van der Waals surface area contributed by atoms with Gasteiger partial charge >= 0.3 is 0 Å². The van der Waals surface area contributed by atoms with Gasteiger partial charge in [0.2, 0.25) is 0 Å². The molecule has 0 aromatic heterocycles. The molecule has 0 aliphatic heterocycles. The molecule has 2 heteroatoms. The van der Waals surface area contributed by atoms with Gasteiger partial charge < -0.3 is 10.4 Å². The molecule has 0 aliphatic rings. The highest BCUT2D eigenvalue weighted by molar-refractivity contribution is 5.47. The number of rotatable bonds is 3. The van der Waals surface area contributed by atoms with Gasteiger partial charge in [0.15, 0.2) is 0 Å². The van der Waals surface area contributed by atoms with E-state index >= 15 is 0 Å². The fourth-order valence-electron chi connectivity index (χ4n) is 2.11. The van der Waals surface area contributed by atoms with Crippen LogP contribution in [0, 0.1) is 20.8 Å². The van der Waals surface area contributed by atoms with Crippen LogP contribution in [0.5, 0.6) is 5.75 Å². The Hall–Kier alpha value is -1.96. The molecule has 0 fully saturated rings. The van der Waals surface area contributed by atoms with Crippen molar-refractivity contribution in [3.63, 3.8) is 0 Å². The molecule has 0 heterocycles. The second-order valence-electron chi connectivity index (χ2n) is 4.80. The Bertz CT molecular complexity index is 538. The molecule has 0 bridgehead atoms. The lowest BCUT2D eigenvalue weighted by atomic mass is 10.1. The summed E-state index contributed by atoms with van der Waals surface area (Å²) in [5, 5.41) is 13.1. The standard InChI is InChI=1S/C16H19NO/c1-11-5-4-6-15(7-11)17-10-14-8-12(2)16(18)13(3)9-14/h4-9,17-18H,10H2,1-3H3. The van der Waals surface area contributed by atoms with Crippen LogP contribution in [0.2, 0.25) is 0 Å². The van der Waals surface area contributed by atoms with Crippen molar-refractivity contribution in [2.24, 2.45) is 0 Å². The first kappa shape index (κ1) is 12.5. The molecule has 2 nitrogen and oxygen atoms in total. The maximum absolute atomic E-state index is 9.73. The van der Waals surface area contributed by atoms with E-state index in [2.05, 4.69) is 30.4 Å². The summed E-state index contributed by atoms with van der Waals surface area (Å²) in [4.78, 5) is 0. The maximum atomic E-state index is 9.73. The molecule has 2 N–H and O–H groups in total. The summed E-state index contributed by atoms with van der Waals surface area (Å²) in [5.41, 5.74) is 5.41. The van der Waals surface area contributed by atoms with Crippen molar-refractivity contribution >= 4 is 5.69 Å². The average molecular weight is 241 g/mol. The molecule has 0 unspecified atom stereocenters. The van der Waals surface area contributed by atoms with Gasteiger partial charge in [-0.15, -0.1) is 0 Å². The molecule has 0 amide bonds. The molecule has 0 aliphatic carbocycles. The fourth-order valence-corrected chi connectivity index (χ4v) is 2.11. The molecule has 0 atom stereocenters. The van der Waals surface area contributed by atoms with Crippen LogP contribution in [0.15, 0.2) is 36.4 Å². The smallest absolute Gasteiger partial charge is 0.121 e. The lowest BCUT2D eigenvalue weighted by Gasteiger charge is -2.10. The van der Waals surface area contributed by atoms with Crippen molar-refractivity contribution in [1.82, 2.24) is 0 Å². The SMILES string of the molecule is Cc1cccc(NCc2cc(C)c(O)c(C)c2)c1. The minimum atomic E-state index is 0.398. The van der Waals surface area contributed by atoms with Crippen LogP contribution in [0.3, 0.4) is 0 Å². The Morgan fingerprint density at radius 1 is 1.00 bits per heavy atom. The number of aryl methyl sites for hydroxylation is 3. The van der Waals surface area contributed by atoms with Crippen molar-refractivity contribution in [2.75, 3.05) is 5.32 Å². The first-order chi connectivity index (χ1) is 8.56. The van der Waals surface area contributed by atoms with E-state index < -0.39 is 0 Å². The first-order valence-electron chi connectivity index (χ1n) is 6.16. The highest BCUT2D eigenvalue weighted by atomic mass is 16.3. The first-order valence-corrected chi connectivity index (χ1v) is 6.16. The van der Waals surface area contributed by atoms with E-state index in [9.17, 15) is 5.11 Å². The Kier molecular flexibility index (Phi) is 3.56. The molecule has 0 saturated carbocycles. The molecule has 94 valence electrons. The number of phenolic OH excluding ortho intramolecular Hbond substituents is 1. The molecule has 0 spiro atoms. The van der Waals surface area contributed by atoms with Crippen molar-refractivity contribution in [2.45, 2.75) is 27.3 Å². The van der Waals surface area contributed by atoms with Crippen LogP contribution in [0.25, 0.3) is 0 Å². The molecule has 18 heavy (non-hydrogen) atoms. The highest BCUT2D eigenvalue weighted by Gasteiger charge is 2.03. The average Bonchev–Trinajstić information content (AvgIpc) is 2.33. The molecule has 2 rings (SSSR count). The van der Waals surface area contributed by atoms with Crippen LogP contribution < -0.4 is 5.32 Å². The predicted molar refractivity (Wildman–Crippen MR) is 76.1 cm³/mol. The number of aromatic hydroxyl groups is 1. The van der Waals surface area contributed by atoms with E-state index in [0.717, 1.165) is 23.4 Å². The van der Waals surface area contributed by atoms with Gasteiger partial charge in [-0.3, -0.25) is 0 Å². The van der Waals surface area contributed by atoms with Gasteiger partial charge in [0.05, 0.1) is 0 Å². The van der Waals surface area contributed by atoms with Crippen molar-refractivity contribution in [1.29, 1.82) is 0 Å². The summed E-state index contributed by atoms with van der Waals surface area (Å²) in [7, 11) is 0. The summed E-state index contributed by atoms with van der Waals surface area (Å²) in [6.07, 6.45) is 0. The molecule has 0 radical (unpaired) electrons. The van der Waals surface area contributed by atoms with Crippen LogP contribution >= 0.6 is 0 Å². The Balaban J connectivity index is 2.11. The molecular formula is C16H19NO.